The molecule has 2 N–H and O–H groups in total. The van der Waals surface area contributed by atoms with Crippen molar-refractivity contribution in [2.75, 3.05) is 0 Å². The van der Waals surface area contributed by atoms with Gasteiger partial charge in [-0.1, -0.05) is 32.1 Å². The Balaban J connectivity index is 1.69. The first-order valence-corrected chi connectivity index (χ1v) is 6.70. The third kappa shape index (κ3) is 3.18. The molecule has 0 heterocycles. The van der Waals surface area contributed by atoms with Gasteiger partial charge in [-0.3, -0.25) is 0 Å². The zero-order valence-corrected chi connectivity index (χ0v) is 9.91. The number of aliphatic hydroxyl groups is 1. The van der Waals surface area contributed by atoms with Crippen molar-refractivity contribution >= 4 is 0 Å². The van der Waals surface area contributed by atoms with Crippen LogP contribution in [-0.4, -0.2) is 23.3 Å². The Morgan fingerprint density at radius 1 is 1.13 bits per heavy atom. The summed E-state index contributed by atoms with van der Waals surface area (Å²) in [7, 11) is 0. The zero-order chi connectivity index (χ0) is 10.7. The summed E-state index contributed by atoms with van der Waals surface area (Å²) < 4.78 is 0. The van der Waals surface area contributed by atoms with Gasteiger partial charge < -0.3 is 10.4 Å². The van der Waals surface area contributed by atoms with Crippen LogP contribution in [0.25, 0.3) is 0 Å². The molecule has 0 spiro atoms. The van der Waals surface area contributed by atoms with E-state index in [1.807, 2.05) is 0 Å². The highest BCUT2D eigenvalue weighted by atomic mass is 16.3. The Labute approximate surface area is 93.5 Å². The van der Waals surface area contributed by atoms with E-state index in [1.165, 1.54) is 38.5 Å². The zero-order valence-electron chi connectivity index (χ0n) is 9.91. The molecule has 0 radical (unpaired) electrons. The Kier molecular flexibility index (Phi) is 4.04. The van der Waals surface area contributed by atoms with E-state index < -0.39 is 0 Å². The maximum absolute atomic E-state index is 9.86. The van der Waals surface area contributed by atoms with Crippen LogP contribution in [0.1, 0.15) is 58.3 Å². The molecule has 3 atom stereocenters. The minimum Gasteiger partial charge on any atom is -0.392 e. The van der Waals surface area contributed by atoms with Crippen LogP contribution in [-0.2, 0) is 0 Å². The topological polar surface area (TPSA) is 32.3 Å². The van der Waals surface area contributed by atoms with E-state index >= 15 is 0 Å². The summed E-state index contributed by atoms with van der Waals surface area (Å²) in [5.41, 5.74) is 0. The van der Waals surface area contributed by atoms with Crippen LogP contribution >= 0.6 is 0 Å². The minimum absolute atomic E-state index is 0.0948. The fraction of sp³-hybridized carbons (Fsp3) is 1.00. The van der Waals surface area contributed by atoms with Crippen LogP contribution in [0.5, 0.6) is 0 Å². The van der Waals surface area contributed by atoms with Crippen LogP contribution in [0.2, 0.25) is 0 Å². The van der Waals surface area contributed by atoms with Gasteiger partial charge in [0.1, 0.15) is 0 Å². The van der Waals surface area contributed by atoms with E-state index in [0.29, 0.717) is 12.1 Å². The van der Waals surface area contributed by atoms with Crippen molar-refractivity contribution in [3.8, 4) is 0 Å². The van der Waals surface area contributed by atoms with Crippen LogP contribution in [0.4, 0.5) is 0 Å². The van der Waals surface area contributed by atoms with E-state index in [9.17, 15) is 5.11 Å². The Hall–Kier alpha value is -0.0800. The lowest BCUT2D eigenvalue weighted by atomic mass is 9.81. The maximum atomic E-state index is 9.86. The average molecular weight is 211 g/mol. The highest BCUT2D eigenvalue weighted by molar-refractivity contribution is 4.84. The Morgan fingerprint density at radius 3 is 2.47 bits per heavy atom. The average Bonchev–Trinajstić information content (AvgIpc) is 2.16. The number of hydrogen-bond donors (Lipinski definition) is 2. The van der Waals surface area contributed by atoms with Gasteiger partial charge in [0.25, 0.3) is 0 Å². The van der Waals surface area contributed by atoms with Crippen molar-refractivity contribution in [3.05, 3.63) is 0 Å². The molecule has 2 aliphatic rings. The van der Waals surface area contributed by atoms with Gasteiger partial charge in [0, 0.05) is 12.1 Å². The lowest BCUT2D eigenvalue weighted by Gasteiger charge is -2.34. The first kappa shape index (κ1) is 11.4. The second-order valence-electron chi connectivity index (χ2n) is 5.56. The molecule has 3 unspecified atom stereocenters. The fourth-order valence-corrected chi connectivity index (χ4v) is 2.97. The predicted octanol–water partition coefficient (Wildman–Crippen LogP) is 2.46. The number of aliphatic hydroxyl groups excluding tert-OH is 1. The van der Waals surface area contributed by atoms with E-state index in [2.05, 4.69) is 12.2 Å². The molecule has 2 saturated carbocycles. The van der Waals surface area contributed by atoms with Crippen molar-refractivity contribution in [2.24, 2.45) is 5.92 Å². The lowest BCUT2D eigenvalue weighted by Crippen LogP contribution is -2.46. The molecule has 0 bridgehead atoms. The van der Waals surface area contributed by atoms with Gasteiger partial charge >= 0.3 is 0 Å². The molecule has 0 saturated heterocycles. The molecular weight excluding hydrogens is 186 g/mol. The lowest BCUT2D eigenvalue weighted by molar-refractivity contribution is 0.0825. The molecule has 0 aromatic rings. The monoisotopic (exact) mass is 211 g/mol. The van der Waals surface area contributed by atoms with Gasteiger partial charge in [-0.2, -0.15) is 0 Å². The molecule has 88 valence electrons. The molecule has 2 rings (SSSR count). The smallest absolute Gasteiger partial charge is 0.0693 e. The molecule has 2 nitrogen and oxygen atoms in total. The summed E-state index contributed by atoms with van der Waals surface area (Å²) in [6.45, 7) is 2.28. The van der Waals surface area contributed by atoms with Crippen LogP contribution in [0.3, 0.4) is 0 Å². The molecule has 0 amide bonds. The Morgan fingerprint density at radius 2 is 1.87 bits per heavy atom. The van der Waals surface area contributed by atoms with Crippen LogP contribution < -0.4 is 5.32 Å². The summed E-state index contributed by atoms with van der Waals surface area (Å²) in [6, 6.07) is 0.960. The minimum atomic E-state index is -0.0948. The summed E-state index contributed by atoms with van der Waals surface area (Å²) in [6.07, 6.45) is 10.2. The molecular formula is C13H25NO. The summed E-state index contributed by atoms with van der Waals surface area (Å²) >= 11 is 0. The van der Waals surface area contributed by atoms with Gasteiger partial charge in [-0.15, -0.1) is 0 Å². The van der Waals surface area contributed by atoms with Crippen molar-refractivity contribution in [1.29, 1.82) is 0 Å². The molecule has 0 aromatic heterocycles. The van der Waals surface area contributed by atoms with Gasteiger partial charge in [0.15, 0.2) is 0 Å². The Bertz CT molecular complexity index is 191. The number of nitrogens with one attached hydrogen (secondary N) is 1. The van der Waals surface area contributed by atoms with Gasteiger partial charge in [-0.05, 0) is 32.1 Å². The van der Waals surface area contributed by atoms with Crippen molar-refractivity contribution in [1.82, 2.24) is 5.32 Å². The maximum Gasteiger partial charge on any atom is 0.0693 e. The SMILES string of the molecule is CC(CC1CCC1)NC1CCCCC1O. The molecule has 0 aliphatic heterocycles. The highest BCUT2D eigenvalue weighted by Crippen LogP contribution is 2.30. The first-order valence-electron chi connectivity index (χ1n) is 6.70. The van der Waals surface area contributed by atoms with E-state index in [4.69, 9.17) is 0 Å². The number of rotatable bonds is 4. The third-order valence-electron chi connectivity index (χ3n) is 4.14. The summed E-state index contributed by atoms with van der Waals surface area (Å²) in [4.78, 5) is 0. The van der Waals surface area contributed by atoms with E-state index in [1.54, 1.807) is 0 Å². The second kappa shape index (κ2) is 5.31. The molecule has 15 heavy (non-hydrogen) atoms. The second-order valence-corrected chi connectivity index (χ2v) is 5.56. The molecule has 2 aliphatic carbocycles. The van der Waals surface area contributed by atoms with E-state index in [0.717, 1.165) is 18.8 Å². The van der Waals surface area contributed by atoms with Crippen molar-refractivity contribution < 1.29 is 5.11 Å². The summed E-state index contributed by atoms with van der Waals surface area (Å²) in [5, 5.41) is 13.5. The highest BCUT2D eigenvalue weighted by Gasteiger charge is 2.26. The van der Waals surface area contributed by atoms with E-state index in [-0.39, 0.29) is 6.10 Å². The fourth-order valence-electron chi connectivity index (χ4n) is 2.97. The van der Waals surface area contributed by atoms with Crippen molar-refractivity contribution in [2.45, 2.75) is 76.5 Å². The van der Waals surface area contributed by atoms with Crippen molar-refractivity contribution in [3.63, 3.8) is 0 Å². The largest absolute Gasteiger partial charge is 0.392 e. The van der Waals surface area contributed by atoms with Crippen LogP contribution in [0.15, 0.2) is 0 Å². The predicted molar refractivity (Wildman–Crippen MR) is 62.8 cm³/mol. The number of hydrogen-bond acceptors (Lipinski definition) is 2. The molecule has 2 fully saturated rings. The normalized spacial score (nSPS) is 34.8. The quantitative estimate of drug-likeness (QED) is 0.748. The van der Waals surface area contributed by atoms with Gasteiger partial charge in [-0.25, -0.2) is 0 Å². The van der Waals surface area contributed by atoms with Gasteiger partial charge in [0.2, 0.25) is 0 Å². The molecule has 0 aromatic carbocycles. The van der Waals surface area contributed by atoms with Gasteiger partial charge in [0.05, 0.1) is 6.10 Å². The standard InChI is InChI=1S/C13H25NO/c1-10(9-11-5-4-6-11)14-12-7-2-3-8-13(12)15/h10-15H,2-9H2,1H3. The first-order chi connectivity index (χ1) is 7.25. The van der Waals surface area contributed by atoms with Crippen LogP contribution in [0, 0.1) is 5.92 Å². The summed E-state index contributed by atoms with van der Waals surface area (Å²) in [5.74, 6) is 0.966. The molecule has 2 heteroatoms. The third-order valence-corrected chi connectivity index (χ3v) is 4.14.